The van der Waals surface area contributed by atoms with E-state index >= 15 is 0 Å². The lowest BCUT2D eigenvalue weighted by atomic mass is 10.3. The van der Waals surface area contributed by atoms with Gasteiger partial charge in [0.15, 0.2) is 6.61 Å². The van der Waals surface area contributed by atoms with Crippen molar-refractivity contribution in [2.24, 2.45) is 0 Å². The van der Waals surface area contributed by atoms with E-state index in [2.05, 4.69) is 10.2 Å². The maximum absolute atomic E-state index is 11.7. The van der Waals surface area contributed by atoms with Gasteiger partial charge in [0.2, 0.25) is 0 Å². The van der Waals surface area contributed by atoms with E-state index in [0.717, 1.165) is 45.0 Å². The summed E-state index contributed by atoms with van der Waals surface area (Å²) >= 11 is 0. The van der Waals surface area contributed by atoms with Crippen LogP contribution in [0, 0.1) is 0 Å². The van der Waals surface area contributed by atoms with Gasteiger partial charge in [0.25, 0.3) is 5.91 Å². The van der Waals surface area contributed by atoms with E-state index in [4.69, 9.17) is 14.2 Å². The summed E-state index contributed by atoms with van der Waals surface area (Å²) in [6, 6.07) is 7.17. The normalized spacial score (nSPS) is 14.7. The van der Waals surface area contributed by atoms with Crippen molar-refractivity contribution in [3.63, 3.8) is 0 Å². The molecule has 0 unspecified atom stereocenters. The van der Waals surface area contributed by atoms with E-state index in [1.54, 1.807) is 31.4 Å². The number of morpholine rings is 1. The Kier molecular flexibility index (Phi) is 9.43. The fourth-order valence-electron chi connectivity index (χ4n) is 2.23. The molecule has 0 aromatic heterocycles. The van der Waals surface area contributed by atoms with E-state index in [1.165, 1.54) is 0 Å². The molecule has 130 valence electrons. The van der Waals surface area contributed by atoms with E-state index in [-0.39, 0.29) is 24.9 Å². The molecule has 23 heavy (non-hydrogen) atoms. The zero-order chi connectivity index (χ0) is 15.6. The number of hydrogen-bond donors (Lipinski definition) is 1. The summed E-state index contributed by atoms with van der Waals surface area (Å²) in [6.07, 6.45) is 0.939. The minimum absolute atomic E-state index is 0. The van der Waals surface area contributed by atoms with Gasteiger partial charge in [-0.2, -0.15) is 0 Å². The molecule has 1 fully saturated rings. The lowest BCUT2D eigenvalue weighted by Gasteiger charge is -2.26. The number of carbonyl (C=O) groups excluding carboxylic acids is 1. The molecule has 0 aliphatic carbocycles. The number of ether oxygens (including phenoxy) is 3. The van der Waals surface area contributed by atoms with Crippen molar-refractivity contribution in [3.05, 3.63) is 24.3 Å². The molecular weight excluding hydrogens is 320 g/mol. The highest BCUT2D eigenvalue weighted by molar-refractivity contribution is 5.85. The third kappa shape index (κ3) is 7.54. The van der Waals surface area contributed by atoms with Crippen molar-refractivity contribution < 1.29 is 19.0 Å². The van der Waals surface area contributed by atoms with Crippen LogP contribution in [0.15, 0.2) is 24.3 Å². The molecule has 1 aliphatic heterocycles. The van der Waals surface area contributed by atoms with Crippen molar-refractivity contribution in [2.75, 3.05) is 53.1 Å². The fraction of sp³-hybridized carbons (Fsp3) is 0.562. The lowest BCUT2D eigenvalue weighted by molar-refractivity contribution is -0.123. The number of rotatable bonds is 8. The van der Waals surface area contributed by atoms with Crippen LogP contribution in [0.1, 0.15) is 6.42 Å². The number of nitrogens with zero attached hydrogens (tertiary/aromatic N) is 1. The molecule has 0 saturated carbocycles. The monoisotopic (exact) mass is 344 g/mol. The molecular formula is C16H25ClN2O4. The highest BCUT2D eigenvalue weighted by Gasteiger charge is 2.09. The molecule has 0 spiro atoms. The van der Waals surface area contributed by atoms with Crippen LogP contribution >= 0.6 is 12.4 Å². The van der Waals surface area contributed by atoms with Gasteiger partial charge in [-0.05, 0) is 37.2 Å². The molecule has 0 radical (unpaired) electrons. The summed E-state index contributed by atoms with van der Waals surface area (Å²) in [7, 11) is 1.61. The molecule has 1 saturated heterocycles. The second kappa shape index (κ2) is 11.1. The van der Waals surface area contributed by atoms with Gasteiger partial charge in [0.05, 0.1) is 20.3 Å². The molecule has 2 rings (SSSR count). The lowest BCUT2D eigenvalue weighted by Crippen LogP contribution is -2.38. The van der Waals surface area contributed by atoms with Gasteiger partial charge >= 0.3 is 0 Å². The Bertz CT molecular complexity index is 450. The van der Waals surface area contributed by atoms with Crippen LogP contribution in [0.3, 0.4) is 0 Å². The quantitative estimate of drug-likeness (QED) is 0.721. The summed E-state index contributed by atoms with van der Waals surface area (Å²) in [5.41, 5.74) is 0. The Hall–Kier alpha value is -1.50. The zero-order valence-corrected chi connectivity index (χ0v) is 14.3. The summed E-state index contributed by atoms with van der Waals surface area (Å²) in [5, 5.41) is 2.87. The van der Waals surface area contributed by atoms with Crippen LogP contribution in [0.5, 0.6) is 11.5 Å². The molecule has 1 heterocycles. The Labute approximate surface area is 143 Å². The fourth-order valence-corrected chi connectivity index (χ4v) is 2.23. The van der Waals surface area contributed by atoms with Crippen molar-refractivity contribution in [3.8, 4) is 11.5 Å². The average molecular weight is 345 g/mol. The summed E-state index contributed by atoms with van der Waals surface area (Å²) < 4.78 is 15.8. The molecule has 1 amide bonds. The van der Waals surface area contributed by atoms with E-state index < -0.39 is 0 Å². The maximum atomic E-state index is 11.7. The van der Waals surface area contributed by atoms with E-state index in [0.29, 0.717) is 12.3 Å². The highest BCUT2D eigenvalue weighted by atomic mass is 35.5. The molecule has 7 heteroatoms. The van der Waals surface area contributed by atoms with Crippen LogP contribution in [0.4, 0.5) is 0 Å². The van der Waals surface area contributed by atoms with Gasteiger partial charge in [0.1, 0.15) is 11.5 Å². The van der Waals surface area contributed by atoms with E-state index in [1.807, 2.05) is 0 Å². The molecule has 1 N–H and O–H groups in total. The van der Waals surface area contributed by atoms with Gasteiger partial charge in [0, 0.05) is 19.6 Å². The van der Waals surface area contributed by atoms with Crippen LogP contribution in [0.2, 0.25) is 0 Å². The van der Waals surface area contributed by atoms with Crippen molar-refractivity contribution in [1.82, 2.24) is 10.2 Å². The summed E-state index contributed by atoms with van der Waals surface area (Å²) in [5.74, 6) is 1.32. The SMILES string of the molecule is COc1ccc(OCC(=O)NCCCN2CCOCC2)cc1.Cl. The number of carbonyl (C=O) groups is 1. The summed E-state index contributed by atoms with van der Waals surface area (Å²) in [4.78, 5) is 14.0. The Morgan fingerprint density at radius 1 is 1.22 bits per heavy atom. The minimum Gasteiger partial charge on any atom is -0.497 e. The second-order valence-corrected chi connectivity index (χ2v) is 5.12. The number of amides is 1. The van der Waals surface area contributed by atoms with Crippen molar-refractivity contribution in [2.45, 2.75) is 6.42 Å². The smallest absolute Gasteiger partial charge is 0.257 e. The number of benzene rings is 1. The Morgan fingerprint density at radius 3 is 2.52 bits per heavy atom. The predicted molar refractivity (Wildman–Crippen MR) is 90.6 cm³/mol. The minimum atomic E-state index is -0.0993. The summed E-state index contributed by atoms with van der Waals surface area (Å²) in [6.45, 7) is 5.27. The molecule has 0 bridgehead atoms. The molecule has 1 aliphatic rings. The van der Waals surface area contributed by atoms with Gasteiger partial charge in [-0.25, -0.2) is 0 Å². The number of nitrogens with one attached hydrogen (secondary N) is 1. The van der Waals surface area contributed by atoms with Crippen molar-refractivity contribution in [1.29, 1.82) is 0 Å². The number of hydrogen-bond acceptors (Lipinski definition) is 5. The number of halogens is 1. The van der Waals surface area contributed by atoms with Crippen LogP contribution in [-0.4, -0.2) is 63.9 Å². The van der Waals surface area contributed by atoms with Crippen LogP contribution in [-0.2, 0) is 9.53 Å². The first-order valence-electron chi connectivity index (χ1n) is 7.61. The molecule has 0 atom stereocenters. The zero-order valence-electron chi connectivity index (χ0n) is 13.5. The first-order valence-corrected chi connectivity index (χ1v) is 7.61. The van der Waals surface area contributed by atoms with Crippen LogP contribution < -0.4 is 14.8 Å². The molecule has 6 nitrogen and oxygen atoms in total. The third-order valence-electron chi connectivity index (χ3n) is 3.51. The maximum Gasteiger partial charge on any atom is 0.257 e. The predicted octanol–water partition coefficient (Wildman–Crippen LogP) is 1.33. The third-order valence-corrected chi connectivity index (χ3v) is 3.51. The molecule has 1 aromatic carbocycles. The first-order chi connectivity index (χ1) is 10.8. The van der Waals surface area contributed by atoms with Gasteiger partial charge in [-0.1, -0.05) is 0 Å². The second-order valence-electron chi connectivity index (χ2n) is 5.12. The van der Waals surface area contributed by atoms with Gasteiger partial charge < -0.3 is 19.5 Å². The highest BCUT2D eigenvalue weighted by Crippen LogP contribution is 2.16. The van der Waals surface area contributed by atoms with Gasteiger partial charge in [-0.15, -0.1) is 12.4 Å². The standard InChI is InChI=1S/C16H24N2O4.ClH/c1-20-14-3-5-15(6-4-14)22-13-16(19)17-7-2-8-18-9-11-21-12-10-18;/h3-6H,2,7-13H2,1H3,(H,17,19);1H. The Balaban J connectivity index is 0.00000264. The van der Waals surface area contributed by atoms with E-state index in [9.17, 15) is 4.79 Å². The first kappa shape index (κ1) is 19.5. The number of methoxy groups -OCH3 is 1. The van der Waals surface area contributed by atoms with Crippen molar-refractivity contribution >= 4 is 18.3 Å². The van der Waals surface area contributed by atoms with Gasteiger partial charge in [-0.3, -0.25) is 9.69 Å². The molecule has 1 aromatic rings. The Morgan fingerprint density at radius 2 is 1.87 bits per heavy atom. The largest absolute Gasteiger partial charge is 0.497 e. The average Bonchev–Trinajstić information content (AvgIpc) is 2.58. The van der Waals surface area contributed by atoms with Crippen LogP contribution in [0.25, 0.3) is 0 Å². The topological polar surface area (TPSA) is 60.0 Å².